The van der Waals surface area contributed by atoms with Crippen molar-refractivity contribution < 1.29 is 14.3 Å². The maximum absolute atomic E-state index is 12.7. The van der Waals surface area contributed by atoms with Crippen molar-refractivity contribution in [2.75, 3.05) is 12.4 Å². The number of rotatable bonds is 7. The number of hydrogen-bond acceptors (Lipinski definition) is 4. The van der Waals surface area contributed by atoms with E-state index in [0.717, 1.165) is 38.8 Å². The summed E-state index contributed by atoms with van der Waals surface area (Å²) in [6.07, 6.45) is 1.46. The lowest BCUT2D eigenvalue weighted by Gasteiger charge is -2.16. The maximum Gasteiger partial charge on any atom is 0.412 e. The Bertz CT molecular complexity index is 1400. The third-order valence-corrected chi connectivity index (χ3v) is 7.96. The van der Waals surface area contributed by atoms with Gasteiger partial charge in [-0.05, 0) is 60.6 Å². The lowest BCUT2D eigenvalue weighted by atomic mass is 9.99. The number of methoxy groups -OCH3 is 1. The number of amides is 1. The molecule has 0 bridgehead atoms. The summed E-state index contributed by atoms with van der Waals surface area (Å²) in [6, 6.07) is 23.7. The highest BCUT2D eigenvalue weighted by Crippen LogP contribution is 2.44. The Morgan fingerprint density at radius 1 is 1.00 bits per heavy atom. The Labute approximate surface area is 224 Å². The van der Waals surface area contributed by atoms with Gasteiger partial charge in [-0.3, -0.25) is 5.32 Å². The summed E-state index contributed by atoms with van der Waals surface area (Å²) in [5.41, 5.74) is 5.70. The van der Waals surface area contributed by atoms with Crippen molar-refractivity contribution in [3.63, 3.8) is 0 Å². The van der Waals surface area contributed by atoms with E-state index < -0.39 is 12.2 Å². The van der Waals surface area contributed by atoms with Crippen LogP contribution in [0.2, 0.25) is 9.36 Å². The first-order chi connectivity index (χ1) is 17.4. The van der Waals surface area contributed by atoms with E-state index >= 15 is 0 Å². The number of ether oxygens (including phenoxy) is 2. The minimum Gasteiger partial charge on any atom is -0.496 e. The monoisotopic (exact) mass is 537 g/mol. The fourth-order valence-corrected chi connectivity index (χ4v) is 5.73. The van der Waals surface area contributed by atoms with Crippen molar-refractivity contribution in [2.45, 2.75) is 31.8 Å². The normalized spacial score (nSPS) is 13.8. The van der Waals surface area contributed by atoms with Crippen molar-refractivity contribution in [1.29, 1.82) is 0 Å². The molecule has 1 atom stereocenters. The Kier molecular flexibility index (Phi) is 7.24. The zero-order chi connectivity index (χ0) is 25.2. The number of anilines is 1. The van der Waals surface area contributed by atoms with Crippen molar-refractivity contribution in [3.05, 3.63) is 93.3 Å². The molecule has 5 rings (SSSR count). The van der Waals surface area contributed by atoms with E-state index in [-0.39, 0.29) is 0 Å². The molecule has 36 heavy (non-hydrogen) atoms. The van der Waals surface area contributed by atoms with Gasteiger partial charge in [0.2, 0.25) is 0 Å². The molecule has 0 spiro atoms. The highest BCUT2D eigenvalue weighted by molar-refractivity contribution is 7.20. The van der Waals surface area contributed by atoms with E-state index in [2.05, 4.69) is 29.6 Å². The summed E-state index contributed by atoms with van der Waals surface area (Å²) < 4.78 is 11.9. The number of benzene rings is 3. The van der Waals surface area contributed by atoms with Crippen LogP contribution in [0.25, 0.3) is 21.6 Å². The van der Waals surface area contributed by atoms with E-state index in [1.807, 2.05) is 36.4 Å². The summed E-state index contributed by atoms with van der Waals surface area (Å²) in [5.74, 6) is 1.47. The molecule has 4 aromatic rings. The van der Waals surface area contributed by atoms with Gasteiger partial charge in [0.25, 0.3) is 0 Å². The van der Waals surface area contributed by atoms with Gasteiger partial charge in [-0.1, -0.05) is 77.8 Å². The first-order valence-corrected chi connectivity index (χ1v) is 13.3. The molecular weight excluding hydrogens is 513 g/mol. The van der Waals surface area contributed by atoms with Gasteiger partial charge >= 0.3 is 6.09 Å². The van der Waals surface area contributed by atoms with Crippen LogP contribution in [0.4, 0.5) is 10.5 Å². The molecule has 0 saturated heterocycles. The van der Waals surface area contributed by atoms with Crippen molar-refractivity contribution in [2.24, 2.45) is 0 Å². The number of nitrogens with one attached hydrogen (secondary N) is 1. The quantitative estimate of drug-likeness (QED) is 0.255. The van der Waals surface area contributed by atoms with Gasteiger partial charge < -0.3 is 9.47 Å². The van der Waals surface area contributed by atoms with Gasteiger partial charge in [-0.2, -0.15) is 0 Å². The largest absolute Gasteiger partial charge is 0.496 e. The molecule has 0 aliphatic heterocycles. The lowest BCUT2D eigenvalue weighted by Crippen LogP contribution is -2.16. The van der Waals surface area contributed by atoms with Crippen LogP contribution in [-0.4, -0.2) is 13.2 Å². The van der Waals surface area contributed by atoms with E-state index in [1.165, 1.54) is 29.7 Å². The van der Waals surface area contributed by atoms with Crippen molar-refractivity contribution in [3.8, 4) is 27.3 Å². The second-order valence-corrected chi connectivity index (χ2v) is 10.9. The van der Waals surface area contributed by atoms with E-state index in [1.54, 1.807) is 26.2 Å². The molecule has 1 N–H and O–H groups in total. The van der Waals surface area contributed by atoms with E-state index in [4.69, 9.17) is 32.7 Å². The molecule has 0 radical (unpaired) electrons. The predicted octanol–water partition coefficient (Wildman–Crippen LogP) is 9.58. The fraction of sp³-hybridized carbons (Fsp3) is 0.207. The molecule has 7 heteroatoms. The van der Waals surface area contributed by atoms with Crippen LogP contribution in [0.15, 0.2) is 72.8 Å². The van der Waals surface area contributed by atoms with Gasteiger partial charge in [0.05, 0.1) is 22.0 Å². The zero-order valence-corrected chi connectivity index (χ0v) is 22.2. The van der Waals surface area contributed by atoms with Crippen LogP contribution in [0.1, 0.15) is 42.9 Å². The summed E-state index contributed by atoms with van der Waals surface area (Å²) in [6.45, 7) is 1.78. The number of thiophene rings is 1. The van der Waals surface area contributed by atoms with E-state index in [9.17, 15) is 4.79 Å². The second kappa shape index (κ2) is 10.6. The Morgan fingerprint density at radius 3 is 2.42 bits per heavy atom. The number of halogens is 2. The third-order valence-electron chi connectivity index (χ3n) is 6.30. The van der Waals surface area contributed by atoms with Gasteiger partial charge in [0.1, 0.15) is 11.9 Å². The van der Waals surface area contributed by atoms with E-state index in [0.29, 0.717) is 15.0 Å². The summed E-state index contributed by atoms with van der Waals surface area (Å²) in [4.78, 5) is 13.5. The van der Waals surface area contributed by atoms with Crippen LogP contribution in [0, 0.1) is 0 Å². The SMILES string of the molecule is COc1cc(-c2sc(Cl)cc2NC(=O)OC(C)c2ccccc2Cl)ccc1-c1ccc(C2CC2)cc1. The van der Waals surface area contributed by atoms with Gasteiger partial charge in [-0.15, -0.1) is 11.3 Å². The van der Waals surface area contributed by atoms with Crippen LogP contribution in [-0.2, 0) is 4.74 Å². The molecule has 1 unspecified atom stereocenters. The summed E-state index contributed by atoms with van der Waals surface area (Å²) >= 11 is 14.0. The highest BCUT2D eigenvalue weighted by Gasteiger charge is 2.23. The minimum absolute atomic E-state index is 0.512. The molecule has 1 aliphatic rings. The van der Waals surface area contributed by atoms with Crippen molar-refractivity contribution >= 4 is 46.3 Å². The Balaban J connectivity index is 1.36. The smallest absolute Gasteiger partial charge is 0.412 e. The lowest BCUT2D eigenvalue weighted by molar-refractivity contribution is 0.121. The summed E-state index contributed by atoms with van der Waals surface area (Å²) in [7, 11) is 1.66. The van der Waals surface area contributed by atoms with Gasteiger partial charge in [-0.25, -0.2) is 4.79 Å². The Morgan fingerprint density at radius 2 is 1.72 bits per heavy atom. The molecular formula is C29H25Cl2NO3S. The van der Waals surface area contributed by atoms with Crippen LogP contribution in [0.3, 0.4) is 0 Å². The molecule has 3 aromatic carbocycles. The first-order valence-electron chi connectivity index (χ1n) is 11.7. The number of carbonyl (C=O) groups excluding carboxylic acids is 1. The summed E-state index contributed by atoms with van der Waals surface area (Å²) in [5, 5.41) is 3.38. The molecule has 1 aliphatic carbocycles. The van der Waals surface area contributed by atoms with Gasteiger partial charge in [0.15, 0.2) is 0 Å². The average Bonchev–Trinajstić information content (AvgIpc) is 3.66. The van der Waals surface area contributed by atoms with Gasteiger partial charge in [0, 0.05) is 16.1 Å². The van der Waals surface area contributed by atoms with Crippen LogP contribution < -0.4 is 10.1 Å². The van der Waals surface area contributed by atoms with Crippen LogP contribution >= 0.6 is 34.5 Å². The maximum atomic E-state index is 12.7. The molecule has 1 fully saturated rings. The minimum atomic E-state index is -0.586. The molecule has 1 saturated carbocycles. The molecule has 1 amide bonds. The zero-order valence-electron chi connectivity index (χ0n) is 19.9. The van der Waals surface area contributed by atoms with Crippen molar-refractivity contribution in [1.82, 2.24) is 0 Å². The third kappa shape index (κ3) is 5.39. The molecule has 1 aromatic heterocycles. The fourth-order valence-electron chi connectivity index (χ4n) is 4.26. The predicted molar refractivity (Wildman–Crippen MR) is 149 cm³/mol. The van der Waals surface area contributed by atoms with Crippen LogP contribution in [0.5, 0.6) is 5.75 Å². The molecule has 4 nitrogen and oxygen atoms in total. The standard InChI is InChI=1S/C29H25Cl2NO3S/c1-17(22-5-3-4-6-24(22)30)35-29(33)32-25-16-27(31)36-28(25)21-13-14-23(26(15-21)34-2)20-11-9-19(10-12-20)18-7-8-18/h3-6,9-18H,7-8H2,1-2H3,(H,32,33). The first kappa shape index (κ1) is 24.7. The highest BCUT2D eigenvalue weighted by atomic mass is 35.5. The topological polar surface area (TPSA) is 47.6 Å². The second-order valence-electron chi connectivity index (χ2n) is 8.80. The average molecular weight is 538 g/mol. The Hall–Kier alpha value is -2.99. The number of carbonyl (C=O) groups is 1. The number of hydrogen-bond donors (Lipinski definition) is 1. The molecule has 1 heterocycles. The molecule has 184 valence electrons.